The summed E-state index contributed by atoms with van der Waals surface area (Å²) < 4.78 is 80.0. The molecule has 1 aromatic heterocycles. The second kappa shape index (κ2) is 10.4. The van der Waals surface area contributed by atoms with E-state index in [-0.39, 0.29) is 12.1 Å². The van der Waals surface area contributed by atoms with Crippen molar-refractivity contribution >= 4 is 6.03 Å². The van der Waals surface area contributed by atoms with Gasteiger partial charge in [-0.25, -0.2) is 4.79 Å². The Morgan fingerprint density at radius 2 is 1.63 bits per heavy atom. The van der Waals surface area contributed by atoms with E-state index in [2.05, 4.69) is 15.6 Å². The quantitative estimate of drug-likeness (QED) is 0.380. The molecule has 0 aliphatic carbocycles. The summed E-state index contributed by atoms with van der Waals surface area (Å²) in [5, 5.41) is 5.09. The number of urea groups is 1. The standard InChI is InChI=1S/C25H23F6N3O/c1-3-16-7-4-6-15(2)19(16)14-33-23(35)34-21(17-9-11-18(12-10-17)24(26,27)28)22-20(25(29,30)31)8-5-13-32-22/h4-13,21H,3,14H2,1-2H3,(H2,33,34,35)/t21-/m0/s1. The lowest BCUT2D eigenvalue weighted by Gasteiger charge is -2.23. The zero-order valence-corrected chi connectivity index (χ0v) is 18.9. The van der Waals surface area contributed by atoms with Gasteiger partial charge in [-0.1, -0.05) is 37.3 Å². The molecular formula is C25H23F6N3O. The number of aryl methyl sites for hydroxylation is 2. The van der Waals surface area contributed by atoms with Gasteiger partial charge in [0, 0.05) is 12.7 Å². The monoisotopic (exact) mass is 495 g/mol. The summed E-state index contributed by atoms with van der Waals surface area (Å²) in [6, 6.07) is 8.89. The van der Waals surface area contributed by atoms with Gasteiger partial charge in [0.05, 0.1) is 22.9 Å². The first-order valence-corrected chi connectivity index (χ1v) is 10.7. The normalized spacial score (nSPS) is 12.8. The smallest absolute Gasteiger partial charge is 0.334 e. The van der Waals surface area contributed by atoms with Crippen LogP contribution in [0.4, 0.5) is 31.1 Å². The van der Waals surface area contributed by atoms with Crippen LogP contribution in [0.15, 0.2) is 60.8 Å². The van der Waals surface area contributed by atoms with Crippen LogP contribution in [0, 0.1) is 6.92 Å². The molecule has 3 aromatic rings. The predicted octanol–water partition coefficient (Wildman–Crippen LogP) is 6.58. The summed E-state index contributed by atoms with van der Waals surface area (Å²) in [6.07, 6.45) is -7.56. The molecule has 2 aromatic carbocycles. The number of amides is 2. The van der Waals surface area contributed by atoms with Gasteiger partial charge in [-0.05, 0) is 59.9 Å². The number of halogens is 6. The van der Waals surface area contributed by atoms with E-state index in [4.69, 9.17) is 0 Å². The predicted molar refractivity (Wildman–Crippen MR) is 118 cm³/mol. The summed E-state index contributed by atoms with van der Waals surface area (Å²) in [6.45, 7) is 3.96. The Hall–Kier alpha value is -3.56. The molecule has 1 heterocycles. The van der Waals surface area contributed by atoms with Crippen molar-refractivity contribution in [2.75, 3.05) is 0 Å². The zero-order valence-electron chi connectivity index (χ0n) is 18.9. The maximum absolute atomic E-state index is 13.7. The third-order valence-electron chi connectivity index (χ3n) is 5.58. The van der Waals surface area contributed by atoms with Gasteiger partial charge in [0.15, 0.2) is 0 Å². The molecule has 186 valence electrons. The van der Waals surface area contributed by atoms with Gasteiger partial charge in [-0.2, -0.15) is 26.3 Å². The molecular weight excluding hydrogens is 472 g/mol. The summed E-state index contributed by atoms with van der Waals surface area (Å²) >= 11 is 0. The van der Waals surface area contributed by atoms with Gasteiger partial charge in [-0.3, -0.25) is 4.98 Å². The first-order valence-electron chi connectivity index (χ1n) is 10.7. The Labute approximate surface area is 198 Å². The fraction of sp³-hybridized carbons (Fsp3) is 0.280. The first-order chi connectivity index (χ1) is 16.4. The molecule has 35 heavy (non-hydrogen) atoms. The molecule has 0 spiro atoms. The van der Waals surface area contributed by atoms with Gasteiger partial charge in [-0.15, -0.1) is 0 Å². The molecule has 4 nitrogen and oxygen atoms in total. The number of nitrogens with one attached hydrogen (secondary N) is 2. The molecule has 10 heteroatoms. The van der Waals surface area contributed by atoms with E-state index in [0.29, 0.717) is 0 Å². The fourth-order valence-corrected chi connectivity index (χ4v) is 3.76. The number of pyridine rings is 1. The largest absolute Gasteiger partial charge is 0.418 e. The second-order valence-electron chi connectivity index (χ2n) is 7.88. The van der Waals surface area contributed by atoms with Crippen molar-refractivity contribution in [3.8, 4) is 0 Å². The highest BCUT2D eigenvalue weighted by molar-refractivity contribution is 5.75. The van der Waals surface area contributed by atoms with Crippen molar-refractivity contribution in [3.63, 3.8) is 0 Å². The van der Waals surface area contributed by atoms with E-state index < -0.39 is 41.2 Å². The van der Waals surface area contributed by atoms with E-state index in [9.17, 15) is 31.1 Å². The maximum atomic E-state index is 13.7. The van der Waals surface area contributed by atoms with Crippen molar-refractivity contribution < 1.29 is 31.1 Å². The SMILES string of the molecule is CCc1cccc(C)c1CNC(=O)N[C@@H](c1ccc(C(F)(F)F)cc1)c1ncccc1C(F)(F)F. The van der Waals surface area contributed by atoms with Gasteiger partial charge < -0.3 is 10.6 Å². The lowest BCUT2D eigenvalue weighted by atomic mass is 9.97. The Balaban J connectivity index is 1.94. The highest BCUT2D eigenvalue weighted by Crippen LogP contribution is 2.36. The summed E-state index contributed by atoms with van der Waals surface area (Å²) in [5.41, 5.74) is 0.250. The van der Waals surface area contributed by atoms with Crippen LogP contribution in [-0.4, -0.2) is 11.0 Å². The third kappa shape index (κ3) is 6.32. The first kappa shape index (κ1) is 26.1. The van der Waals surface area contributed by atoms with E-state index >= 15 is 0 Å². The summed E-state index contributed by atoms with van der Waals surface area (Å²) in [4.78, 5) is 16.6. The Morgan fingerprint density at radius 1 is 0.943 bits per heavy atom. The van der Waals surface area contributed by atoms with E-state index in [0.717, 1.165) is 65.7 Å². The average Bonchev–Trinajstić information content (AvgIpc) is 2.80. The molecule has 0 aliphatic rings. The van der Waals surface area contributed by atoms with Gasteiger partial charge in [0.25, 0.3) is 0 Å². The van der Waals surface area contributed by atoms with E-state index in [1.807, 2.05) is 32.0 Å². The highest BCUT2D eigenvalue weighted by atomic mass is 19.4. The van der Waals surface area contributed by atoms with Crippen LogP contribution in [0.25, 0.3) is 0 Å². The summed E-state index contributed by atoms with van der Waals surface area (Å²) in [7, 11) is 0. The Bertz CT molecular complexity index is 1170. The van der Waals surface area contributed by atoms with Gasteiger partial charge >= 0.3 is 18.4 Å². The number of hydrogen-bond donors (Lipinski definition) is 2. The van der Waals surface area contributed by atoms with Gasteiger partial charge in [0.2, 0.25) is 0 Å². The Kier molecular flexibility index (Phi) is 7.72. The molecule has 2 amide bonds. The molecule has 2 N–H and O–H groups in total. The molecule has 0 fully saturated rings. The second-order valence-corrected chi connectivity index (χ2v) is 7.88. The average molecular weight is 495 g/mol. The number of carbonyl (C=O) groups excluding carboxylic acids is 1. The molecule has 3 rings (SSSR count). The number of nitrogens with zero attached hydrogens (tertiary/aromatic N) is 1. The van der Waals surface area contributed by atoms with E-state index in [1.54, 1.807) is 0 Å². The Morgan fingerprint density at radius 3 is 2.23 bits per heavy atom. The van der Waals surface area contributed by atoms with Gasteiger partial charge in [0.1, 0.15) is 0 Å². The fourth-order valence-electron chi connectivity index (χ4n) is 3.76. The minimum atomic E-state index is -4.79. The van der Waals surface area contributed by atoms with Crippen LogP contribution < -0.4 is 10.6 Å². The highest BCUT2D eigenvalue weighted by Gasteiger charge is 2.37. The number of benzene rings is 2. The van der Waals surface area contributed by atoms with Crippen molar-refractivity contribution in [1.82, 2.24) is 15.6 Å². The molecule has 0 unspecified atom stereocenters. The number of rotatable bonds is 6. The number of alkyl halides is 6. The zero-order chi connectivity index (χ0) is 25.8. The number of aromatic nitrogens is 1. The number of hydrogen-bond acceptors (Lipinski definition) is 2. The topological polar surface area (TPSA) is 54.0 Å². The molecule has 0 bridgehead atoms. The maximum Gasteiger partial charge on any atom is 0.418 e. The van der Waals surface area contributed by atoms with Crippen LogP contribution in [0.3, 0.4) is 0 Å². The van der Waals surface area contributed by atoms with Crippen LogP contribution in [0.2, 0.25) is 0 Å². The lowest BCUT2D eigenvalue weighted by Crippen LogP contribution is -2.39. The minimum Gasteiger partial charge on any atom is -0.334 e. The van der Waals surface area contributed by atoms with Crippen molar-refractivity contribution in [2.24, 2.45) is 0 Å². The third-order valence-corrected chi connectivity index (χ3v) is 5.58. The minimum absolute atomic E-state index is 0.0162. The van der Waals surface area contributed by atoms with Crippen LogP contribution in [0.1, 0.15) is 52.0 Å². The lowest BCUT2D eigenvalue weighted by molar-refractivity contribution is -0.139. The number of carbonyl (C=O) groups is 1. The molecule has 0 radical (unpaired) electrons. The van der Waals surface area contributed by atoms with Crippen molar-refractivity contribution in [2.45, 2.75) is 45.2 Å². The molecule has 0 saturated carbocycles. The molecule has 0 saturated heterocycles. The van der Waals surface area contributed by atoms with Crippen molar-refractivity contribution in [3.05, 3.63) is 99.9 Å². The molecule has 0 aliphatic heterocycles. The van der Waals surface area contributed by atoms with Crippen molar-refractivity contribution in [1.29, 1.82) is 0 Å². The van der Waals surface area contributed by atoms with E-state index in [1.165, 1.54) is 0 Å². The van der Waals surface area contributed by atoms with Crippen LogP contribution in [0.5, 0.6) is 0 Å². The summed E-state index contributed by atoms with van der Waals surface area (Å²) in [5.74, 6) is 0. The van der Waals surface area contributed by atoms with Crippen LogP contribution in [-0.2, 0) is 25.3 Å². The van der Waals surface area contributed by atoms with Crippen LogP contribution >= 0.6 is 0 Å². The molecule has 1 atom stereocenters.